The van der Waals surface area contributed by atoms with Crippen LogP contribution in [0.5, 0.6) is 0 Å². The Morgan fingerprint density at radius 3 is 2.58 bits per heavy atom. The molecular weight excluding hydrogens is 374 g/mol. The Kier molecular flexibility index (Phi) is 9.03. The van der Waals surface area contributed by atoms with Crippen molar-refractivity contribution >= 4 is 28.3 Å². The number of halogens is 1. The molecule has 1 heterocycles. The van der Waals surface area contributed by atoms with E-state index in [0.29, 0.717) is 19.5 Å². The summed E-state index contributed by atoms with van der Waals surface area (Å²) in [6, 6.07) is 9.39. The molecule has 1 amide bonds. The molecule has 0 aliphatic carbocycles. The summed E-state index contributed by atoms with van der Waals surface area (Å²) in [6.45, 7) is 2.95. The maximum atomic E-state index is 13.0. The second-order valence-electron chi connectivity index (χ2n) is 6.86. The normalized spacial score (nSPS) is 20.1. The van der Waals surface area contributed by atoms with Crippen molar-refractivity contribution in [3.8, 4) is 0 Å². The highest BCUT2D eigenvalue weighted by atomic mass is 35.5. The van der Waals surface area contributed by atoms with Crippen LogP contribution in [-0.4, -0.2) is 44.6 Å². The molecule has 148 valence electrons. The number of sulfonamides is 1. The van der Waals surface area contributed by atoms with Crippen molar-refractivity contribution in [2.45, 2.75) is 44.7 Å². The molecule has 1 aliphatic heterocycles. The van der Waals surface area contributed by atoms with Crippen molar-refractivity contribution in [3.63, 3.8) is 0 Å². The molecule has 0 saturated carbocycles. The first kappa shape index (κ1) is 22.9. The fourth-order valence-electron chi connectivity index (χ4n) is 3.38. The third kappa shape index (κ3) is 6.54. The van der Waals surface area contributed by atoms with Crippen LogP contribution in [0.25, 0.3) is 0 Å². The molecule has 8 heteroatoms. The van der Waals surface area contributed by atoms with Crippen molar-refractivity contribution in [1.82, 2.24) is 9.62 Å². The summed E-state index contributed by atoms with van der Waals surface area (Å²) in [5.41, 5.74) is 7.26. The molecule has 1 aromatic carbocycles. The molecule has 6 nitrogen and oxygen atoms in total. The van der Waals surface area contributed by atoms with Crippen molar-refractivity contribution < 1.29 is 13.2 Å². The van der Waals surface area contributed by atoms with Crippen LogP contribution < -0.4 is 10.5 Å². The zero-order valence-electron chi connectivity index (χ0n) is 15.4. The molecule has 3 unspecified atom stereocenters. The number of likely N-dealkylation sites (tertiary alicyclic amines) is 1. The van der Waals surface area contributed by atoms with Gasteiger partial charge in [-0.05, 0) is 31.2 Å². The first-order valence-electron chi connectivity index (χ1n) is 8.85. The minimum atomic E-state index is -3.20. The number of nitrogens with zero attached hydrogens (tertiary/aromatic N) is 1. The Labute approximate surface area is 163 Å². The van der Waals surface area contributed by atoms with Crippen LogP contribution in [-0.2, 0) is 14.8 Å². The van der Waals surface area contributed by atoms with E-state index in [1.807, 2.05) is 42.2 Å². The van der Waals surface area contributed by atoms with Gasteiger partial charge in [-0.1, -0.05) is 37.3 Å². The number of hydrogen-bond acceptors (Lipinski definition) is 4. The fourth-order valence-corrected chi connectivity index (χ4v) is 3.87. The van der Waals surface area contributed by atoms with E-state index in [0.717, 1.165) is 31.1 Å². The highest BCUT2D eigenvalue weighted by Gasteiger charge is 2.32. The van der Waals surface area contributed by atoms with Gasteiger partial charge in [0.15, 0.2) is 0 Å². The Morgan fingerprint density at radius 1 is 1.31 bits per heavy atom. The smallest absolute Gasteiger partial charge is 0.227 e. The fraction of sp³-hybridized carbons (Fsp3) is 0.611. The first-order valence-corrected chi connectivity index (χ1v) is 10.7. The van der Waals surface area contributed by atoms with Crippen LogP contribution in [0, 0.1) is 5.92 Å². The summed E-state index contributed by atoms with van der Waals surface area (Å²) in [7, 11) is -3.20. The number of piperidine rings is 1. The third-order valence-electron chi connectivity index (χ3n) is 4.86. The summed E-state index contributed by atoms with van der Waals surface area (Å²) in [5, 5.41) is 0. The summed E-state index contributed by atoms with van der Waals surface area (Å²) >= 11 is 0. The number of nitrogens with two attached hydrogens (primary N) is 1. The molecule has 26 heavy (non-hydrogen) atoms. The van der Waals surface area contributed by atoms with E-state index in [9.17, 15) is 13.2 Å². The average molecular weight is 404 g/mol. The Bertz CT molecular complexity index is 670. The molecule has 0 spiro atoms. The second kappa shape index (κ2) is 10.3. The standard InChI is InChI=1S/C18H29N3O3S.ClH/c1-14(17(19)15-8-4-3-5-9-15)18(22)21-13-7-6-10-16(21)11-12-20-25(2,23)24;/h3-5,8-9,14,16-17,20H,6-7,10-13,19H2,1-2H3;1H. The van der Waals surface area contributed by atoms with Gasteiger partial charge < -0.3 is 10.6 Å². The molecule has 3 atom stereocenters. The van der Waals surface area contributed by atoms with Crippen molar-refractivity contribution in [1.29, 1.82) is 0 Å². The Hall–Kier alpha value is -1.15. The van der Waals surface area contributed by atoms with E-state index in [4.69, 9.17) is 5.73 Å². The largest absolute Gasteiger partial charge is 0.339 e. The Morgan fingerprint density at radius 2 is 1.96 bits per heavy atom. The van der Waals surface area contributed by atoms with Crippen molar-refractivity contribution in [2.24, 2.45) is 11.7 Å². The van der Waals surface area contributed by atoms with Gasteiger partial charge >= 0.3 is 0 Å². The quantitative estimate of drug-likeness (QED) is 0.728. The van der Waals surface area contributed by atoms with E-state index in [1.165, 1.54) is 0 Å². The average Bonchev–Trinajstić information content (AvgIpc) is 2.60. The molecule has 0 aromatic heterocycles. The zero-order chi connectivity index (χ0) is 18.4. The lowest BCUT2D eigenvalue weighted by Gasteiger charge is -2.38. The van der Waals surface area contributed by atoms with Crippen molar-refractivity contribution in [3.05, 3.63) is 35.9 Å². The number of hydrogen-bond donors (Lipinski definition) is 2. The van der Waals surface area contributed by atoms with Crippen LogP contribution in [0.2, 0.25) is 0 Å². The van der Waals surface area contributed by atoms with Crippen LogP contribution in [0.15, 0.2) is 30.3 Å². The van der Waals surface area contributed by atoms with Gasteiger partial charge in [0, 0.05) is 25.2 Å². The van der Waals surface area contributed by atoms with E-state index in [-0.39, 0.29) is 36.3 Å². The van der Waals surface area contributed by atoms with Gasteiger partial charge in [-0.15, -0.1) is 12.4 Å². The summed E-state index contributed by atoms with van der Waals surface area (Å²) in [5.74, 6) is -0.258. The minimum absolute atomic E-state index is 0. The second-order valence-corrected chi connectivity index (χ2v) is 8.69. The predicted octanol–water partition coefficient (Wildman–Crippen LogP) is 2.06. The summed E-state index contributed by atoms with van der Waals surface area (Å²) < 4.78 is 25.0. The lowest BCUT2D eigenvalue weighted by Crippen LogP contribution is -2.48. The number of rotatable bonds is 7. The number of benzene rings is 1. The lowest BCUT2D eigenvalue weighted by atomic mass is 9.91. The van der Waals surface area contributed by atoms with E-state index < -0.39 is 10.0 Å². The highest BCUT2D eigenvalue weighted by Crippen LogP contribution is 2.26. The third-order valence-corrected chi connectivity index (χ3v) is 5.59. The summed E-state index contributed by atoms with van der Waals surface area (Å²) in [6.07, 6.45) is 4.73. The van der Waals surface area contributed by atoms with Crippen LogP contribution >= 0.6 is 12.4 Å². The number of carbonyl (C=O) groups excluding carboxylic acids is 1. The molecule has 1 saturated heterocycles. The zero-order valence-corrected chi connectivity index (χ0v) is 17.1. The van der Waals surface area contributed by atoms with Crippen LogP contribution in [0.4, 0.5) is 0 Å². The highest BCUT2D eigenvalue weighted by molar-refractivity contribution is 7.88. The monoisotopic (exact) mass is 403 g/mol. The molecule has 1 aromatic rings. The Balaban J connectivity index is 0.00000338. The van der Waals surface area contributed by atoms with Gasteiger partial charge in [0.2, 0.25) is 15.9 Å². The van der Waals surface area contributed by atoms with Gasteiger partial charge in [-0.2, -0.15) is 0 Å². The van der Waals surface area contributed by atoms with E-state index >= 15 is 0 Å². The maximum Gasteiger partial charge on any atom is 0.227 e. The maximum absolute atomic E-state index is 13.0. The van der Waals surface area contributed by atoms with Crippen LogP contribution in [0.3, 0.4) is 0 Å². The van der Waals surface area contributed by atoms with Crippen molar-refractivity contribution in [2.75, 3.05) is 19.3 Å². The van der Waals surface area contributed by atoms with E-state index in [2.05, 4.69) is 4.72 Å². The SMILES string of the molecule is CC(C(=O)N1CCCCC1CCNS(C)(=O)=O)C(N)c1ccccc1.Cl. The molecule has 0 radical (unpaired) electrons. The molecular formula is C18H30ClN3O3S. The van der Waals surface area contributed by atoms with Crippen LogP contribution in [0.1, 0.15) is 44.2 Å². The minimum Gasteiger partial charge on any atom is -0.339 e. The number of nitrogens with one attached hydrogen (secondary N) is 1. The molecule has 0 bridgehead atoms. The van der Waals surface area contributed by atoms with Gasteiger partial charge in [0.1, 0.15) is 0 Å². The van der Waals surface area contributed by atoms with Gasteiger partial charge in [-0.3, -0.25) is 4.79 Å². The molecule has 1 fully saturated rings. The number of amides is 1. The molecule has 1 aliphatic rings. The first-order chi connectivity index (χ1) is 11.8. The molecule has 3 N–H and O–H groups in total. The van der Waals surface area contributed by atoms with Gasteiger partial charge in [0.05, 0.1) is 12.2 Å². The van der Waals surface area contributed by atoms with E-state index in [1.54, 1.807) is 0 Å². The topological polar surface area (TPSA) is 92.5 Å². The lowest BCUT2D eigenvalue weighted by molar-refractivity contribution is -0.139. The number of carbonyl (C=O) groups is 1. The predicted molar refractivity (Wildman–Crippen MR) is 107 cm³/mol. The molecule has 2 rings (SSSR count). The summed E-state index contributed by atoms with van der Waals surface area (Å²) in [4.78, 5) is 14.9. The van der Waals surface area contributed by atoms with Gasteiger partial charge in [-0.25, -0.2) is 13.1 Å². The van der Waals surface area contributed by atoms with Gasteiger partial charge in [0.25, 0.3) is 0 Å².